The van der Waals surface area contributed by atoms with Gasteiger partial charge in [-0.2, -0.15) is 0 Å². The van der Waals surface area contributed by atoms with Gasteiger partial charge in [0.25, 0.3) is 11.5 Å². The number of aromatic nitrogens is 1. The van der Waals surface area contributed by atoms with Crippen LogP contribution in [0.25, 0.3) is 0 Å². The fourth-order valence-electron chi connectivity index (χ4n) is 4.30. The average Bonchev–Trinajstić information content (AvgIpc) is 3.43. The minimum Gasteiger partial charge on any atom is -0.337 e. The molecule has 0 spiro atoms. The topological polar surface area (TPSA) is 45.6 Å². The van der Waals surface area contributed by atoms with Crippen molar-refractivity contribution >= 4 is 5.91 Å². The van der Waals surface area contributed by atoms with Crippen molar-refractivity contribution in [1.29, 1.82) is 0 Å². The Kier molecular flexibility index (Phi) is 6.09. The van der Waals surface area contributed by atoms with E-state index in [1.54, 1.807) is 17.7 Å². The SMILES string of the molecule is CC(C)c1ccc(C(=O)N2CCCN(CC3CC3)[C@H](C(C)C)C2)c(=O)n1C. The van der Waals surface area contributed by atoms with E-state index in [2.05, 4.69) is 32.6 Å². The first-order chi connectivity index (χ1) is 12.8. The van der Waals surface area contributed by atoms with Gasteiger partial charge in [-0.05, 0) is 49.1 Å². The van der Waals surface area contributed by atoms with E-state index in [0.29, 0.717) is 17.5 Å². The fraction of sp³-hybridized carbons (Fsp3) is 0.727. The van der Waals surface area contributed by atoms with Crippen LogP contribution in [0.5, 0.6) is 0 Å². The first-order valence-corrected chi connectivity index (χ1v) is 10.5. The third-order valence-corrected chi connectivity index (χ3v) is 6.16. The molecule has 1 aliphatic carbocycles. The number of pyridine rings is 1. The first kappa shape index (κ1) is 20.1. The lowest BCUT2D eigenvalue weighted by molar-refractivity contribution is 0.0702. The summed E-state index contributed by atoms with van der Waals surface area (Å²) in [6.07, 6.45) is 3.68. The molecule has 1 amide bonds. The molecule has 0 unspecified atom stereocenters. The molecule has 1 aliphatic heterocycles. The summed E-state index contributed by atoms with van der Waals surface area (Å²) in [4.78, 5) is 30.5. The second kappa shape index (κ2) is 8.17. The van der Waals surface area contributed by atoms with Crippen molar-refractivity contribution in [2.24, 2.45) is 18.9 Å². The summed E-state index contributed by atoms with van der Waals surface area (Å²) < 4.78 is 1.63. The van der Waals surface area contributed by atoms with Crippen LogP contribution in [0.3, 0.4) is 0 Å². The second-order valence-electron chi connectivity index (χ2n) is 9.05. The molecule has 1 saturated heterocycles. The van der Waals surface area contributed by atoms with Crippen LogP contribution in [0, 0.1) is 11.8 Å². The van der Waals surface area contributed by atoms with E-state index >= 15 is 0 Å². The highest BCUT2D eigenvalue weighted by atomic mass is 16.2. The number of rotatable bonds is 5. The highest BCUT2D eigenvalue weighted by Gasteiger charge is 2.34. The molecule has 2 heterocycles. The average molecular weight is 374 g/mol. The normalized spacial score (nSPS) is 21.7. The highest BCUT2D eigenvalue weighted by molar-refractivity contribution is 5.94. The molecule has 0 radical (unpaired) electrons. The van der Waals surface area contributed by atoms with Gasteiger partial charge >= 0.3 is 0 Å². The minimum atomic E-state index is -0.175. The predicted molar refractivity (Wildman–Crippen MR) is 109 cm³/mol. The van der Waals surface area contributed by atoms with E-state index < -0.39 is 0 Å². The Morgan fingerprint density at radius 2 is 1.85 bits per heavy atom. The molecule has 3 rings (SSSR count). The van der Waals surface area contributed by atoms with Gasteiger partial charge in [0.1, 0.15) is 5.56 Å². The lowest BCUT2D eigenvalue weighted by Crippen LogP contribution is -2.47. The quantitative estimate of drug-likeness (QED) is 0.797. The largest absolute Gasteiger partial charge is 0.337 e. The van der Waals surface area contributed by atoms with Gasteiger partial charge in [0.05, 0.1) is 0 Å². The van der Waals surface area contributed by atoms with Crippen LogP contribution < -0.4 is 5.56 Å². The molecule has 150 valence electrons. The van der Waals surface area contributed by atoms with Gasteiger partial charge in [-0.1, -0.05) is 27.7 Å². The number of hydrogen-bond acceptors (Lipinski definition) is 3. The van der Waals surface area contributed by atoms with Crippen LogP contribution in [0.15, 0.2) is 16.9 Å². The summed E-state index contributed by atoms with van der Waals surface area (Å²) in [6, 6.07) is 4.03. The highest BCUT2D eigenvalue weighted by Crippen LogP contribution is 2.32. The minimum absolute atomic E-state index is 0.107. The molecule has 0 bridgehead atoms. The number of hydrogen-bond donors (Lipinski definition) is 0. The third-order valence-electron chi connectivity index (χ3n) is 6.16. The summed E-state index contributed by atoms with van der Waals surface area (Å²) >= 11 is 0. The van der Waals surface area contributed by atoms with Crippen LogP contribution >= 0.6 is 0 Å². The molecule has 2 fully saturated rings. The lowest BCUT2D eigenvalue weighted by atomic mass is 10.0. The summed E-state index contributed by atoms with van der Waals surface area (Å²) in [5.41, 5.74) is 1.09. The molecule has 0 aromatic carbocycles. The Labute approximate surface area is 163 Å². The van der Waals surface area contributed by atoms with E-state index in [9.17, 15) is 9.59 Å². The molecule has 27 heavy (non-hydrogen) atoms. The summed E-state index contributed by atoms with van der Waals surface area (Å²) in [7, 11) is 1.77. The van der Waals surface area contributed by atoms with E-state index in [-0.39, 0.29) is 17.4 Å². The van der Waals surface area contributed by atoms with Gasteiger partial charge in [0, 0.05) is 45.0 Å². The Morgan fingerprint density at radius 3 is 2.44 bits per heavy atom. The van der Waals surface area contributed by atoms with Gasteiger partial charge in [0.15, 0.2) is 0 Å². The van der Waals surface area contributed by atoms with Crippen molar-refractivity contribution in [1.82, 2.24) is 14.4 Å². The molecular weight excluding hydrogens is 338 g/mol. The van der Waals surface area contributed by atoms with E-state index in [0.717, 1.165) is 44.2 Å². The molecule has 5 heteroatoms. The van der Waals surface area contributed by atoms with Gasteiger partial charge < -0.3 is 9.47 Å². The number of amides is 1. The molecule has 1 saturated carbocycles. The molecule has 5 nitrogen and oxygen atoms in total. The predicted octanol–water partition coefficient (Wildman–Crippen LogP) is 3.09. The van der Waals surface area contributed by atoms with Crippen molar-refractivity contribution in [3.05, 3.63) is 33.7 Å². The molecule has 0 N–H and O–H groups in total. The zero-order valence-corrected chi connectivity index (χ0v) is 17.6. The summed E-state index contributed by atoms with van der Waals surface area (Å²) in [6.45, 7) is 12.3. The van der Waals surface area contributed by atoms with Crippen LogP contribution in [-0.4, -0.2) is 52.5 Å². The van der Waals surface area contributed by atoms with E-state index in [4.69, 9.17) is 0 Å². The van der Waals surface area contributed by atoms with E-state index in [1.165, 1.54) is 12.8 Å². The van der Waals surface area contributed by atoms with Crippen LogP contribution in [0.4, 0.5) is 0 Å². The molecule has 1 atom stereocenters. The van der Waals surface area contributed by atoms with Crippen molar-refractivity contribution in [3.63, 3.8) is 0 Å². The Balaban J connectivity index is 1.81. The zero-order chi connectivity index (χ0) is 19.7. The van der Waals surface area contributed by atoms with Crippen molar-refractivity contribution < 1.29 is 4.79 Å². The fourth-order valence-corrected chi connectivity index (χ4v) is 4.30. The standard InChI is InChI=1S/C22H35N3O2/c1-15(2)19-10-9-18(21(26)23(19)5)22(27)25-12-6-11-24(13-17-7-8-17)20(14-25)16(3)4/h9-10,15-17,20H,6-8,11-14H2,1-5H3/t20-/m0/s1. The smallest absolute Gasteiger partial charge is 0.263 e. The molecular formula is C22H35N3O2. The summed E-state index contributed by atoms with van der Waals surface area (Å²) in [5, 5.41) is 0. The van der Waals surface area contributed by atoms with Crippen molar-refractivity contribution in [2.75, 3.05) is 26.2 Å². The molecule has 1 aromatic heterocycles. The maximum Gasteiger partial charge on any atom is 0.263 e. The Morgan fingerprint density at radius 1 is 1.15 bits per heavy atom. The second-order valence-corrected chi connectivity index (χ2v) is 9.05. The van der Waals surface area contributed by atoms with Crippen molar-refractivity contribution in [3.8, 4) is 0 Å². The summed E-state index contributed by atoms with van der Waals surface area (Å²) in [5.74, 6) is 1.49. The van der Waals surface area contributed by atoms with Crippen LogP contribution in [-0.2, 0) is 7.05 Å². The van der Waals surface area contributed by atoms with Gasteiger partial charge in [-0.3, -0.25) is 14.5 Å². The number of nitrogens with zero attached hydrogens (tertiary/aromatic N) is 3. The molecule has 1 aromatic rings. The van der Waals surface area contributed by atoms with Crippen LogP contribution in [0.2, 0.25) is 0 Å². The van der Waals surface area contributed by atoms with Gasteiger partial charge in [-0.25, -0.2) is 0 Å². The monoisotopic (exact) mass is 373 g/mol. The number of carbonyl (C=O) groups excluding carboxylic acids is 1. The van der Waals surface area contributed by atoms with Crippen LogP contribution in [0.1, 0.15) is 68.9 Å². The zero-order valence-electron chi connectivity index (χ0n) is 17.6. The van der Waals surface area contributed by atoms with Crippen molar-refractivity contribution in [2.45, 2.75) is 58.9 Å². The van der Waals surface area contributed by atoms with Gasteiger partial charge in [0.2, 0.25) is 0 Å². The van der Waals surface area contributed by atoms with E-state index in [1.807, 2.05) is 11.0 Å². The lowest BCUT2D eigenvalue weighted by Gasteiger charge is -2.34. The Bertz CT molecular complexity index is 734. The Hall–Kier alpha value is -1.62. The maximum absolute atomic E-state index is 13.2. The third kappa shape index (κ3) is 4.45. The molecule has 2 aliphatic rings. The maximum atomic E-state index is 13.2. The van der Waals surface area contributed by atoms with Gasteiger partial charge in [-0.15, -0.1) is 0 Å². The first-order valence-electron chi connectivity index (χ1n) is 10.5. The number of carbonyl (C=O) groups is 1.